The highest BCUT2D eigenvalue weighted by atomic mass is 32.2. The number of aliphatic hydroxyl groups is 2. The molecule has 0 bridgehead atoms. The largest absolute Gasteiger partial charge is 0.390 e. The van der Waals surface area contributed by atoms with Gasteiger partial charge in [-0.3, -0.25) is 0 Å². The molecule has 1 aromatic heterocycles. The molecule has 1 aliphatic heterocycles. The second-order valence-electron chi connectivity index (χ2n) is 3.77. The molecule has 0 aromatic carbocycles. The smallest absolute Gasteiger partial charge is 0.189 e. The van der Waals surface area contributed by atoms with E-state index in [0.717, 1.165) is 11.0 Å². The number of rotatable bonds is 2. The quantitative estimate of drug-likeness (QED) is 0.566. The fraction of sp³-hybridized carbons (Fsp3) is 0.600. The van der Waals surface area contributed by atoms with E-state index in [1.807, 2.05) is 17.2 Å². The van der Waals surface area contributed by atoms with Crippen molar-refractivity contribution in [2.45, 2.75) is 23.8 Å². The minimum atomic E-state index is -0.693. The molecule has 0 spiro atoms. The summed E-state index contributed by atoms with van der Waals surface area (Å²) in [6.45, 7) is 1.13. The first kappa shape index (κ1) is 11.6. The van der Waals surface area contributed by atoms with Crippen LogP contribution in [0.25, 0.3) is 0 Å². The number of β-amino-alcohol motifs (C(OH)–C–C–N with tert-alkyl or cyclic N) is 1. The highest BCUT2D eigenvalue weighted by Gasteiger charge is 2.26. The van der Waals surface area contributed by atoms with Crippen LogP contribution >= 0.6 is 11.8 Å². The molecule has 0 amide bonds. The molecule has 2 rings (SSSR count). The summed E-state index contributed by atoms with van der Waals surface area (Å²) in [6.07, 6.45) is 2.90. The summed E-state index contributed by atoms with van der Waals surface area (Å²) < 4.78 is 0. The van der Waals surface area contributed by atoms with Gasteiger partial charge in [0.2, 0.25) is 0 Å². The lowest BCUT2D eigenvalue weighted by atomic mass is 10.1. The summed E-state index contributed by atoms with van der Waals surface area (Å²) in [6, 6.07) is 1.82. The summed E-state index contributed by atoms with van der Waals surface area (Å²) >= 11 is 1.49. The van der Waals surface area contributed by atoms with Crippen LogP contribution in [0.15, 0.2) is 17.4 Å². The molecule has 88 valence electrons. The third-order valence-corrected chi connectivity index (χ3v) is 3.23. The Morgan fingerprint density at radius 3 is 2.94 bits per heavy atom. The second-order valence-corrected chi connectivity index (χ2v) is 4.54. The van der Waals surface area contributed by atoms with Crippen molar-refractivity contribution in [1.29, 1.82) is 0 Å². The molecule has 2 heterocycles. The summed E-state index contributed by atoms with van der Waals surface area (Å²) in [5.74, 6) is 0.810. The number of hydrogen-bond acceptors (Lipinski definition) is 6. The lowest BCUT2D eigenvalue weighted by Gasteiger charge is -2.34. The molecule has 6 heteroatoms. The Balaban J connectivity index is 2.12. The first-order valence-electron chi connectivity index (χ1n) is 5.19. The van der Waals surface area contributed by atoms with Gasteiger partial charge in [0, 0.05) is 19.3 Å². The Morgan fingerprint density at radius 2 is 2.25 bits per heavy atom. The van der Waals surface area contributed by atoms with E-state index in [1.165, 1.54) is 11.8 Å². The summed E-state index contributed by atoms with van der Waals surface area (Å²) in [4.78, 5) is 10.4. The molecule has 2 N–H and O–H groups in total. The van der Waals surface area contributed by atoms with Crippen molar-refractivity contribution < 1.29 is 10.2 Å². The van der Waals surface area contributed by atoms with Gasteiger partial charge >= 0.3 is 0 Å². The molecular weight excluding hydrogens is 226 g/mol. The molecule has 1 saturated heterocycles. The van der Waals surface area contributed by atoms with Gasteiger partial charge in [0.1, 0.15) is 5.82 Å². The Hall–Kier alpha value is -0.850. The van der Waals surface area contributed by atoms with Gasteiger partial charge in [-0.15, -0.1) is 0 Å². The lowest BCUT2D eigenvalue weighted by Crippen LogP contribution is -2.47. The molecule has 1 fully saturated rings. The monoisotopic (exact) mass is 241 g/mol. The van der Waals surface area contributed by atoms with Crippen LogP contribution < -0.4 is 4.90 Å². The summed E-state index contributed by atoms with van der Waals surface area (Å²) in [5.41, 5.74) is 0. The van der Waals surface area contributed by atoms with E-state index in [1.54, 1.807) is 6.20 Å². The van der Waals surface area contributed by atoms with E-state index in [-0.39, 0.29) is 0 Å². The number of thioether (sulfide) groups is 1. The standard InChI is InChI=1S/C10H15N3O2S/c1-16-10-11-4-2-9(12-10)13-5-3-7(14)8(15)6-13/h2,4,7-8,14-15H,3,5-6H2,1H3/t7-,8-/m1/s1. The molecule has 2 atom stereocenters. The van der Waals surface area contributed by atoms with Crippen LogP contribution in [0.3, 0.4) is 0 Å². The second kappa shape index (κ2) is 4.99. The molecule has 0 unspecified atom stereocenters. The normalized spacial score (nSPS) is 25.8. The van der Waals surface area contributed by atoms with Gasteiger partial charge in [0.15, 0.2) is 5.16 Å². The Bertz CT molecular complexity index is 364. The van der Waals surface area contributed by atoms with E-state index in [4.69, 9.17) is 0 Å². The zero-order valence-electron chi connectivity index (χ0n) is 9.08. The van der Waals surface area contributed by atoms with Crippen LogP contribution in [0.4, 0.5) is 5.82 Å². The topological polar surface area (TPSA) is 69.5 Å². The zero-order chi connectivity index (χ0) is 11.5. The Kier molecular flexibility index (Phi) is 3.63. The fourth-order valence-electron chi connectivity index (χ4n) is 1.73. The van der Waals surface area contributed by atoms with Gasteiger partial charge < -0.3 is 15.1 Å². The maximum Gasteiger partial charge on any atom is 0.189 e. The van der Waals surface area contributed by atoms with Crippen LogP contribution in [0.5, 0.6) is 0 Å². The number of anilines is 1. The first-order chi connectivity index (χ1) is 7.70. The number of aromatic nitrogens is 2. The Morgan fingerprint density at radius 1 is 1.44 bits per heavy atom. The number of hydrogen-bond donors (Lipinski definition) is 2. The van der Waals surface area contributed by atoms with Crippen LogP contribution in [-0.4, -0.2) is 51.7 Å². The van der Waals surface area contributed by atoms with Crippen LogP contribution in [0.2, 0.25) is 0 Å². The van der Waals surface area contributed by atoms with Gasteiger partial charge in [-0.25, -0.2) is 9.97 Å². The number of aliphatic hydroxyl groups excluding tert-OH is 2. The first-order valence-corrected chi connectivity index (χ1v) is 6.41. The fourth-order valence-corrected chi connectivity index (χ4v) is 2.08. The van der Waals surface area contributed by atoms with Crippen molar-refractivity contribution in [3.8, 4) is 0 Å². The van der Waals surface area contributed by atoms with Crippen molar-refractivity contribution >= 4 is 17.6 Å². The van der Waals surface area contributed by atoms with E-state index in [2.05, 4.69) is 9.97 Å². The molecule has 5 nitrogen and oxygen atoms in total. The molecule has 0 radical (unpaired) electrons. The van der Waals surface area contributed by atoms with Gasteiger partial charge in [-0.1, -0.05) is 11.8 Å². The van der Waals surface area contributed by atoms with Gasteiger partial charge in [0.05, 0.1) is 12.2 Å². The third kappa shape index (κ3) is 2.45. The van der Waals surface area contributed by atoms with Crippen molar-refractivity contribution in [2.75, 3.05) is 24.2 Å². The highest BCUT2D eigenvalue weighted by Crippen LogP contribution is 2.19. The molecule has 1 aliphatic rings. The van der Waals surface area contributed by atoms with Crippen LogP contribution in [0, 0.1) is 0 Å². The predicted octanol–water partition coefficient (Wildman–Crippen LogP) is 0.130. The minimum Gasteiger partial charge on any atom is -0.390 e. The molecule has 16 heavy (non-hydrogen) atoms. The third-order valence-electron chi connectivity index (χ3n) is 2.67. The predicted molar refractivity (Wildman–Crippen MR) is 62.7 cm³/mol. The molecule has 0 aliphatic carbocycles. The summed E-state index contributed by atoms with van der Waals surface area (Å²) in [7, 11) is 0. The molecule has 0 saturated carbocycles. The summed E-state index contributed by atoms with van der Waals surface area (Å²) in [5, 5.41) is 19.7. The minimum absolute atomic E-state index is 0.423. The number of nitrogens with zero attached hydrogens (tertiary/aromatic N) is 3. The Labute approximate surface area is 98.5 Å². The maximum absolute atomic E-state index is 9.60. The molecule has 1 aromatic rings. The van der Waals surface area contributed by atoms with E-state index in [0.29, 0.717) is 19.5 Å². The van der Waals surface area contributed by atoms with Crippen LogP contribution in [-0.2, 0) is 0 Å². The van der Waals surface area contributed by atoms with Gasteiger partial charge in [-0.2, -0.15) is 0 Å². The van der Waals surface area contributed by atoms with Crippen LogP contribution in [0.1, 0.15) is 6.42 Å². The molecular formula is C10H15N3O2S. The van der Waals surface area contributed by atoms with E-state index < -0.39 is 12.2 Å². The average Bonchev–Trinajstić information content (AvgIpc) is 2.33. The van der Waals surface area contributed by atoms with Gasteiger partial charge in [-0.05, 0) is 18.7 Å². The van der Waals surface area contributed by atoms with Crippen molar-refractivity contribution in [3.05, 3.63) is 12.3 Å². The highest BCUT2D eigenvalue weighted by molar-refractivity contribution is 7.98. The van der Waals surface area contributed by atoms with E-state index in [9.17, 15) is 10.2 Å². The van der Waals surface area contributed by atoms with E-state index >= 15 is 0 Å². The SMILES string of the molecule is CSc1nccc(N2CC[C@@H](O)[C@H](O)C2)n1. The maximum atomic E-state index is 9.60. The zero-order valence-corrected chi connectivity index (χ0v) is 9.89. The lowest BCUT2D eigenvalue weighted by molar-refractivity contribution is 0.00783. The van der Waals surface area contributed by atoms with Crippen molar-refractivity contribution in [2.24, 2.45) is 0 Å². The van der Waals surface area contributed by atoms with Crippen molar-refractivity contribution in [3.63, 3.8) is 0 Å². The number of piperidine rings is 1. The van der Waals surface area contributed by atoms with Gasteiger partial charge in [0.25, 0.3) is 0 Å². The average molecular weight is 241 g/mol. The van der Waals surface area contributed by atoms with Crippen molar-refractivity contribution in [1.82, 2.24) is 9.97 Å².